The smallest absolute Gasteiger partial charge is 0.281 e. The predicted molar refractivity (Wildman–Crippen MR) is 40.9 cm³/mol. The molecule has 0 saturated heterocycles. The number of amides is 2. The summed E-state index contributed by atoms with van der Waals surface area (Å²) < 4.78 is 0. The van der Waals surface area contributed by atoms with Crippen LogP contribution in [0.1, 0.15) is 13.8 Å². The summed E-state index contributed by atoms with van der Waals surface area (Å²) in [5.74, 6) is -2.16. The van der Waals surface area contributed by atoms with E-state index in [1.54, 1.807) is 13.8 Å². The van der Waals surface area contributed by atoms with Crippen LogP contribution < -0.4 is 5.73 Å². The third kappa shape index (κ3) is 1.25. The van der Waals surface area contributed by atoms with Gasteiger partial charge in [0.2, 0.25) is 5.91 Å². The van der Waals surface area contributed by atoms with E-state index in [0.717, 1.165) is 0 Å². The van der Waals surface area contributed by atoms with Crippen LogP contribution in [0.2, 0.25) is 0 Å². The number of azo groups is 1. The van der Waals surface area contributed by atoms with Crippen molar-refractivity contribution in [2.45, 2.75) is 13.8 Å². The van der Waals surface area contributed by atoms with Crippen LogP contribution in [-0.4, -0.2) is 11.8 Å². The van der Waals surface area contributed by atoms with Gasteiger partial charge in [0, 0.05) is 0 Å². The Morgan fingerprint density at radius 1 is 1.42 bits per heavy atom. The molecule has 5 heteroatoms. The van der Waals surface area contributed by atoms with Crippen LogP contribution in [0.15, 0.2) is 21.5 Å². The van der Waals surface area contributed by atoms with Crippen molar-refractivity contribution in [3.05, 3.63) is 11.3 Å². The maximum Gasteiger partial charge on any atom is 0.281 e. The second kappa shape index (κ2) is 2.84. The quantitative estimate of drug-likeness (QED) is 0.572. The molecule has 0 bridgehead atoms. The van der Waals surface area contributed by atoms with Gasteiger partial charge in [0.25, 0.3) is 5.91 Å². The SMILES string of the molecule is CC1=C(C)C(C(N)=O)C(=O)N=N1. The highest BCUT2D eigenvalue weighted by atomic mass is 16.2. The Balaban J connectivity index is 3.09. The molecule has 1 rings (SSSR count). The molecule has 0 fully saturated rings. The number of allylic oxidation sites excluding steroid dienone is 1. The number of nitrogens with zero attached hydrogens (tertiary/aromatic N) is 2. The monoisotopic (exact) mass is 167 g/mol. The third-order valence-corrected chi connectivity index (χ3v) is 1.83. The molecule has 5 nitrogen and oxygen atoms in total. The van der Waals surface area contributed by atoms with Crippen LogP contribution in [0.3, 0.4) is 0 Å². The highest BCUT2D eigenvalue weighted by molar-refractivity contribution is 6.03. The molecule has 0 aromatic heterocycles. The zero-order valence-electron chi connectivity index (χ0n) is 6.87. The lowest BCUT2D eigenvalue weighted by Gasteiger charge is -2.13. The summed E-state index contributed by atoms with van der Waals surface area (Å²) in [6, 6.07) is 0. The Hall–Kier alpha value is -1.52. The fourth-order valence-electron chi connectivity index (χ4n) is 0.990. The molecule has 0 saturated carbocycles. The average molecular weight is 167 g/mol. The van der Waals surface area contributed by atoms with Crippen LogP contribution in [0.25, 0.3) is 0 Å². The standard InChI is InChI=1S/C7H9N3O2/c1-3-4(2)9-10-7(12)5(3)6(8)11/h5H,1-2H3,(H2,8,11). The van der Waals surface area contributed by atoms with Crippen molar-refractivity contribution in [1.29, 1.82) is 0 Å². The second-order valence-corrected chi connectivity index (χ2v) is 2.64. The van der Waals surface area contributed by atoms with Gasteiger partial charge in [0.05, 0.1) is 5.70 Å². The van der Waals surface area contributed by atoms with E-state index in [9.17, 15) is 9.59 Å². The molecule has 2 N–H and O–H groups in total. The molecule has 1 unspecified atom stereocenters. The summed E-state index contributed by atoms with van der Waals surface area (Å²) in [5, 5.41) is 6.86. The molecule has 0 radical (unpaired) electrons. The van der Waals surface area contributed by atoms with Gasteiger partial charge in [-0.05, 0) is 19.4 Å². The molecule has 1 aliphatic rings. The molecule has 1 aliphatic heterocycles. The number of primary amides is 1. The highest BCUT2D eigenvalue weighted by Gasteiger charge is 2.30. The van der Waals surface area contributed by atoms with E-state index < -0.39 is 17.7 Å². The maximum absolute atomic E-state index is 11.0. The molecule has 1 atom stereocenters. The number of rotatable bonds is 1. The lowest BCUT2D eigenvalue weighted by Crippen LogP contribution is -2.31. The maximum atomic E-state index is 11.0. The Bertz CT molecular complexity index is 304. The first-order chi connectivity index (χ1) is 5.54. The number of hydrogen-bond acceptors (Lipinski definition) is 3. The molecular weight excluding hydrogens is 158 g/mol. The molecule has 2 amide bonds. The van der Waals surface area contributed by atoms with Crippen LogP contribution in [-0.2, 0) is 9.59 Å². The minimum Gasteiger partial charge on any atom is -0.369 e. The first kappa shape index (κ1) is 8.58. The number of carbonyl (C=O) groups is 2. The zero-order valence-corrected chi connectivity index (χ0v) is 6.87. The van der Waals surface area contributed by atoms with E-state index in [1.165, 1.54) is 0 Å². The van der Waals surface area contributed by atoms with Crippen LogP contribution >= 0.6 is 0 Å². The third-order valence-electron chi connectivity index (χ3n) is 1.83. The van der Waals surface area contributed by atoms with E-state index in [1.807, 2.05) is 0 Å². The van der Waals surface area contributed by atoms with E-state index in [0.29, 0.717) is 11.3 Å². The number of carbonyl (C=O) groups excluding carboxylic acids is 2. The molecule has 0 aliphatic carbocycles. The van der Waals surface area contributed by atoms with Gasteiger partial charge in [-0.1, -0.05) is 0 Å². The summed E-state index contributed by atoms with van der Waals surface area (Å²) >= 11 is 0. The van der Waals surface area contributed by atoms with Crippen LogP contribution in [0.5, 0.6) is 0 Å². The first-order valence-electron chi connectivity index (χ1n) is 3.46. The predicted octanol–water partition coefficient (Wildman–Crippen LogP) is 0.374. The average Bonchev–Trinajstić information content (AvgIpc) is 1.97. The second-order valence-electron chi connectivity index (χ2n) is 2.64. The van der Waals surface area contributed by atoms with Crippen molar-refractivity contribution < 1.29 is 9.59 Å². The lowest BCUT2D eigenvalue weighted by atomic mass is 9.97. The summed E-state index contributed by atoms with van der Waals surface area (Å²) in [6.07, 6.45) is 0. The van der Waals surface area contributed by atoms with Crippen LogP contribution in [0.4, 0.5) is 0 Å². The fraction of sp³-hybridized carbons (Fsp3) is 0.429. The summed E-state index contributed by atoms with van der Waals surface area (Å²) in [5.41, 5.74) is 6.18. The Morgan fingerprint density at radius 2 is 2.00 bits per heavy atom. The van der Waals surface area contributed by atoms with Gasteiger partial charge in [-0.2, -0.15) is 5.11 Å². The summed E-state index contributed by atoms with van der Waals surface area (Å²) in [4.78, 5) is 21.8. The summed E-state index contributed by atoms with van der Waals surface area (Å²) in [7, 11) is 0. The minimum atomic E-state index is -0.914. The minimum absolute atomic E-state index is 0.578. The van der Waals surface area contributed by atoms with Crippen molar-refractivity contribution in [2.75, 3.05) is 0 Å². The molecule has 1 heterocycles. The van der Waals surface area contributed by atoms with Crippen molar-refractivity contribution >= 4 is 11.8 Å². The molecular formula is C7H9N3O2. The Morgan fingerprint density at radius 3 is 2.42 bits per heavy atom. The van der Waals surface area contributed by atoms with E-state index in [2.05, 4.69) is 10.2 Å². The highest BCUT2D eigenvalue weighted by Crippen LogP contribution is 2.22. The van der Waals surface area contributed by atoms with Gasteiger partial charge in [-0.15, -0.1) is 5.11 Å². The lowest BCUT2D eigenvalue weighted by molar-refractivity contribution is -0.130. The zero-order chi connectivity index (χ0) is 9.30. The van der Waals surface area contributed by atoms with Gasteiger partial charge < -0.3 is 5.73 Å². The van der Waals surface area contributed by atoms with Gasteiger partial charge in [0.1, 0.15) is 5.92 Å². The van der Waals surface area contributed by atoms with Gasteiger partial charge in [0.15, 0.2) is 0 Å². The van der Waals surface area contributed by atoms with E-state index >= 15 is 0 Å². The number of nitrogens with two attached hydrogens (primary N) is 1. The normalized spacial score (nSPS) is 23.2. The molecule has 0 aromatic rings. The molecule has 0 spiro atoms. The van der Waals surface area contributed by atoms with Gasteiger partial charge in [-0.3, -0.25) is 9.59 Å². The topological polar surface area (TPSA) is 84.9 Å². The first-order valence-corrected chi connectivity index (χ1v) is 3.46. The number of hydrogen-bond donors (Lipinski definition) is 1. The van der Waals surface area contributed by atoms with Crippen molar-refractivity contribution in [3.63, 3.8) is 0 Å². The molecule has 12 heavy (non-hydrogen) atoms. The molecule has 64 valence electrons. The fourth-order valence-corrected chi connectivity index (χ4v) is 0.990. The van der Waals surface area contributed by atoms with Crippen molar-refractivity contribution in [2.24, 2.45) is 21.9 Å². The van der Waals surface area contributed by atoms with Gasteiger partial charge in [-0.25, -0.2) is 0 Å². The summed E-state index contributed by atoms with van der Waals surface area (Å²) in [6.45, 7) is 3.34. The largest absolute Gasteiger partial charge is 0.369 e. The Kier molecular flexibility index (Phi) is 2.03. The Labute approximate surface area is 69.3 Å². The van der Waals surface area contributed by atoms with Gasteiger partial charge >= 0.3 is 0 Å². The van der Waals surface area contributed by atoms with Crippen molar-refractivity contribution in [3.8, 4) is 0 Å². The van der Waals surface area contributed by atoms with E-state index in [4.69, 9.17) is 5.73 Å². The molecule has 0 aromatic carbocycles. The van der Waals surface area contributed by atoms with Crippen LogP contribution in [0, 0.1) is 5.92 Å². The van der Waals surface area contributed by atoms with Crippen molar-refractivity contribution in [1.82, 2.24) is 0 Å². The van der Waals surface area contributed by atoms with E-state index in [-0.39, 0.29) is 0 Å².